The Balaban J connectivity index is 1.42. The summed E-state index contributed by atoms with van der Waals surface area (Å²) in [6, 6.07) is 8.71. The second-order valence-electron chi connectivity index (χ2n) is 9.93. The van der Waals surface area contributed by atoms with E-state index in [0.717, 1.165) is 41.2 Å². The van der Waals surface area contributed by atoms with Crippen molar-refractivity contribution in [3.05, 3.63) is 53.2 Å². The van der Waals surface area contributed by atoms with Crippen LogP contribution in [0.5, 0.6) is 0 Å². The number of nitrogens with two attached hydrogens (primary N) is 1. The number of aliphatic imine (C=N–C) groups is 1. The van der Waals surface area contributed by atoms with Crippen molar-refractivity contribution in [2.45, 2.75) is 50.6 Å². The van der Waals surface area contributed by atoms with Crippen LogP contribution in [0.2, 0.25) is 0 Å². The van der Waals surface area contributed by atoms with Gasteiger partial charge >= 0.3 is 0 Å². The van der Waals surface area contributed by atoms with Crippen molar-refractivity contribution < 1.29 is 19.2 Å². The van der Waals surface area contributed by atoms with Crippen LogP contribution >= 0.6 is 0 Å². The highest BCUT2D eigenvalue weighted by molar-refractivity contribution is 6.27. The molecule has 0 spiro atoms. The molecule has 3 aliphatic rings. The van der Waals surface area contributed by atoms with Crippen LogP contribution in [0.15, 0.2) is 47.1 Å². The summed E-state index contributed by atoms with van der Waals surface area (Å²) in [6.45, 7) is 3.46. The van der Waals surface area contributed by atoms with Crippen LogP contribution in [0, 0.1) is 0 Å². The van der Waals surface area contributed by atoms with Crippen molar-refractivity contribution in [3.63, 3.8) is 0 Å². The minimum atomic E-state index is -0.713. The fourth-order valence-electron chi connectivity index (χ4n) is 5.31. The molecule has 1 unspecified atom stereocenters. The summed E-state index contributed by atoms with van der Waals surface area (Å²) < 4.78 is 0. The molecule has 2 aromatic rings. The van der Waals surface area contributed by atoms with Crippen molar-refractivity contribution in [3.8, 4) is 0 Å². The highest BCUT2D eigenvalue weighted by Gasteiger charge is 2.40. The Kier molecular flexibility index (Phi) is 6.07. The summed E-state index contributed by atoms with van der Waals surface area (Å²) in [6.07, 6.45) is 6.87. The molecular weight excluding hydrogens is 458 g/mol. The van der Waals surface area contributed by atoms with Crippen LogP contribution in [0.25, 0.3) is 10.8 Å². The van der Waals surface area contributed by atoms with Gasteiger partial charge in [0.25, 0.3) is 5.91 Å². The molecule has 9 nitrogen and oxygen atoms in total. The molecule has 3 heterocycles. The van der Waals surface area contributed by atoms with Crippen molar-refractivity contribution in [2.75, 3.05) is 18.0 Å². The highest BCUT2D eigenvalue weighted by Crippen LogP contribution is 2.41. The predicted molar refractivity (Wildman–Crippen MR) is 137 cm³/mol. The lowest BCUT2D eigenvalue weighted by Gasteiger charge is -2.34. The summed E-state index contributed by atoms with van der Waals surface area (Å²) in [5.41, 5.74) is 8.80. The Bertz CT molecular complexity index is 1320. The van der Waals surface area contributed by atoms with Gasteiger partial charge in [-0.15, -0.1) is 0 Å². The maximum atomic E-state index is 13.3. The molecule has 36 heavy (non-hydrogen) atoms. The molecule has 0 bridgehead atoms. The zero-order chi connectivity index (χ0) is 25.4. The minimum absolute atomic E-state index is 0.202. The fourth-order valence-corrected chi connectivity index (χ4v) is 5.31. The van der Waals surface area contributed by atoms with Gasteiger partial charge in [0, 0.05) is 43.1 Å². The summed E-state index contributed by atoms with van der Waals surface area (Å²) in [5.74, 6) is -0.985. The van der Waals surface area contributed by atoms with Gasteiger partial charge in [0.2, 0.25) is 18.2 Å². The van der Waals surface area contributed by atoms with E-state index in [2.05, 4.69) is 12.2 Å². The van der Waals surface area contributed by atoms with E-state index >= 15 is 0 Å². The smallest absolute Gasteiger partial charge is 0.259 e. The largest absolute Gasteiger partial charge is 0.404 e. The van der Waals surface area contributed by atoms with Gasteiger partial charge in [0.05, 0.1) is 11.2 Å². The summed E-state index contributed by atoms with van der Waals surface area (Å²) in [7, 11) is 0. The van der Waals surface area contributed by atoms with E-state index < -0.39 is 11.9 Å². The zero-order valence-corrected chi connectivity index (χ0v) is 20.2. The number of nitrogens with one attached hydrogen (secondary N) is 1. The van der Waals surface area contributed by atoms with Gasteiger partial charge in [0.1, 0.15) is 6.04 Å². The van der Waals surface area contributed by atoms with E-state index in [0.29, 0.717) is 37.2 Å². The number of likely N-dealkylation sites (tertiary alicyclic amines) is 1. The van der Waals surface area contributed by atoms with E-state index in [9.17, 15) is 19.2 Å². The summed E-state index contributed by atoms with van der Waals surface area (Å²) in [4.78, 5) is 56.6. The number of allylic oxidation sites excluding steroid dienone is 1. The van der Waals surface area contributed by atoms with Crippen molar-refractivity contribution >= 4 is 46.8 Å². The standard InChI is InChI=1S/C27H29N5O4/c1-27(9-11-31(16-33)12-10-27)29-15-17(14-28)13-18-5-6-21-24-19(18)3-2-4-20(24)26(36)32(21)22-7-8-23(34)30-25(22)35/h2-6,14-16,22H,7-13,28H2,1H3,(H,30,34,35)/b17-14-,29-15?. The first-order valence-corrected chi connectivity index (χ1v) is 12.2. The Morgan fingerprint density at radius 3 is 2.67 bits per heavy atom. The maximum Gasteiger partial charge on any atom is 0.259 e. The van der Waals surface area contributed by atoms with Gasteiger partial charge in [-0.25, -0.2) is 0 Å². The molecule has 2 aromatic carbocycles. The molecule has 5 rings (SSSR count). The van der Waals surface area contributed by atoms with Gasteiger partial charge in [0.15, 0.2) is 0 Å². The molecule has 0 aliphatic carbocycles. The number of amides is 4. The maximum absolute atomic E-state index is 13.3. The number of piperidine rings is 2. The van der Waals surface area contributed by atoms with E-state index in [-0.39, 0.29) is 23.8 Å². The average Bonchev–Trinajstić information content (AvgIpc) is 3.16. The van der Waals surface area contributed by atoms with Crippen LogP contribution in [0.1, 0.15) is 48.5 Å². The van der Waals surface area contributed by atoms with Crippen LogP contribution in [0.3, 0.4) is 0 Å². The lowest BCUT2D eigenvalue weighted by atomic mass is 9.90. The van der Waals surface area contributed by atoms with E-state index in [1.807, 2.05) is 30.5 Å². The number of carbonyl (C=O) groups excluding carboxylic acids is 4. The minimum Gasteiger partial charge on any atom is -0.404 e. The molecule has 0 radical (unpaired) electrons. The number of hydrogen-bond donors (Lipinski definition) is 2. The molecule has 3 N–H and O–H groups in total. The summed E-state index contributed by atoms with van der Waals surface area (Å²) in [5, 5.41) is 4.09. The Hall–Kier alpha value is -4.01. The van der Waals surface area contributed by atoms with Crippen molar-refractivity contribution in [2.24, 2.45) is 10.7 Å². The molecule has 9 heteroatoms. The quantitative estimate of drug-likeness (QED) is 0.367. The zero-order valence-electron chi connectivity index (χ0n) is 20.2. The Morgan fingerprint density at radius 1 is 1.19 bits per heavy atom. The fraction of sp³-hybridized carbons (Fsp3) is 0.370. The average molecular weight is 488 g/mol. The first-order valence-electron chi connectivity index (χ1n) is 12.2. The number of benzene rings is 2. The van der Waals surface area contributed by atoms with Crippen LogP contribution < -0.4 is 16.0 Å². The van der Waals surface area contributed by atoms with Crippen molar-refractivity contribution in [1.82, 2.24) is 10.2 Å². The Morgan fingerprint density at radius 2 is 1.97 bits per heavy atom. The molecule has 2 saturated heterocycles. The third-order valence-corrected chi connectivity index (χ3v) is 7.51. The first-order chi connectivity index (χ1) is 17.3. The molecule has 3 aliphatic heterocycles. The first kappa shape index (κ1) is 23.7. The van der Waals surface area contributed by atoms with Gasteiger partial charge in [-0.3, -0.25) is 34.4 Å². The molecule has 186 valence electrons. The number of nitrogens with zero attached hydrogens (tertiary/aromatic N) is 3. The number of hydrogen-bond acceptors (Lipinski definition) is 6. The third-order valence-electron chi connectivity index (χ3n) is 7.51. The normalized spacial score (nSPS) is 22.0. The molecule has 2 fully saturated rings. The SMILES string of the molecule is CC1(N=C/C(=C\N)Cc2ccc3c4c(cccc24)C(=O)N3C2CCC(=O)NC2=O)CCN(C=O)CC1. The number of rotatable bonds is 6. The highest BCUT2D eigenvalue weighted by atomic mass is 16.2. The number of imide groups is 1. The molecule has 0 aromatic heterocycles. The van der Waals surface area contributed by atoms with Crippen LogP contribution in [-0.2, 0) is 20.8 Å². The van der Waals surface area contributed by atoms with Gasteiger partial charge in [-0.05, 0) is 61.0 Å². The van der Waals surface area contributed by atoms with Crippen molar-refractivity contribution in [1.29, 1.82) is 0 Å². The summed E-state index contributed by atoms with van der Waals surface area (Å²) >= 11 is 0. The second kappa shape index (κ2) is 9.22. The molecule has 1 atom stereocenters. The van der Waals surface area contributed by atoms with Gasteiger partial charge in [-0.2, -0.15) is 0 Å². The van der Waals surface area contributed by atoms with E-state index in [4.69, 9.17) is 10.7 Å². The lowest BCUT2D eigenvalue weighted by Crippen LogP contribution is -2.53. The van der Waals surface area contributed by atoms with Crippen LogP contribution in [0.4, 0.5) is 5.69 Å². The van der Waals surface area contributed by atoms with Gasteiger partial charge < -0.3 is 10.6 Å². The predicted octanol–water partition coefficient (Wildman–Crippen LogP) is 2.07. The number of carbonyl (C=O) groups is 4. The van der Waals surface area contributed by atoms with Crippen LogP contribution in [-0.4, -0.2) is 59.9 Å². The molecule has 0 saturated carbocycles. The molecule has 4 amide bonds. The topological polar surface area (TPSA) is 125 Å². The number of anilines is 1. The Labute approximate surface area is 209 Å². The van der Waals surface area contributed by atoms with E-state index in [1.165, 1.54) is 4.90 Å². The van der Waals surface area contributed by atoms with E-state index in [1.54, 1.807) is 17.2 Å². The molecular formula is C27H29N5O4. The monoisotopic (exact) mass is 487 g/mol. The third kappa shape index (κ3) is 4.14. The lowest BCUT2D eigenvalue weighted by molar-refractivity contribution is -0.134. The van der Waals surface area contributed by atoms with Gasteiger partial charge in [-0.1, -0.05) is 18.2 Å². The second-order valence-corrected chi connectivity index (χ2v) is 9.93.